The largest absolute Gasteiger partial charge is 0.492 e. The van der Waals surface area contributed by atoms with Crippen LogP contribution >= 0.6 is 11.3 Å². The fourth-order valence-electron chi connectivity index (χ4n) is 3.88. The van der Waals surface area contributed by atoms with Crippen molar-refractivity contribution in [3.05, 3.63) is 35.2 Å². The van der Waals surface area contributed by atoms with Crippen LogP contribution in [0.25, 0.3) is 10.2 Å². The predicted octanol–water partition coefficient (Wildman–Crippen LogP) is 3.07. The maximum atomic E-state index is 12.8. The molecule has 1 saturated heterocycles. The first-order chi connectivity index (χ1) is 14.0. The molecule has 1 fully saturated rings. The van der Waals surface area contributed by atoms with E-state index < -0.39 is 0 Å². The van der Waals surface area contributed by atoms with Gasteiger partial charge in [0.25, 0.3) is 0 Å². The van der Waals surface area contributed by atoms with Gasteiger partial charge in [0, 0.05) is 17.8 Å². The molecule has 3 N–H and O–H groups in total. The molecule has 3 aromatic rings. The number of nitrogens with one attached hydrogen (secondary N) is 3. The second-order valence-electron chi connectivity index (χ2n) is 7.07. The highest BCUT2D eigenvalue weighted by Gasteiger charge is 2.33. The molecule has 4 rings (SSSR count). The number of aromatic nitrogens is 3. The molecular formula is C20H26N6O2S. The lowest BCUT2D eigenvalue weighted by atomic mass is 10.00. The first-order valence-corrected chi connectivity index (χ1v) is 10.7. The van der Waals surface area contributed by atoms with E-state index in [0.717, 1.165) is 39.5 Å². The molecule has 0 saturated carbocycles. The Morgan fingerprint density at radius 1 is 1.34 bits per heavy atom. The molecule has 3 heterocycles. The Labute approximate surface area is 173 Å². The fourth-order valence-corrected chi connectivity index (χ4v) is 4.77. The van der Waals surface area contributed by atoms with Gasteiger partial charge in [-0.3, -0.25) is 9.48 Å². The minimum absolute atomic E-state index is 0.0472. The number of hydrogen-bond donors (Lipinski definition) is 3. The van der Waals surface area contributed by atoms with Crippen molar-refractivity contribution in [1.82, 2.24) is 25.6 Å². The highest BCUT2D eigenvalue weighted by molar-refractivity contribution is 7.22. The average Bonchev–Trinajstić information content (AvgIpc) is 3.39. The third kappa shape index (κ3) is 3.73. The van der Waals surface area contributed by atoms with Crippen LogP contribution in [0, 0.1) is 13.8 Å². The average molecular weight is 415 g/mol. The van der Waals surface area contributed by atoms with E-state index in [-0.39, 0.29) is 18.0 Å². The molecule has 0 radical (unpaired) electrons. The standard InChI is InChI=1S/C20H26N6O2S/c1-5-26-12(4)17(11(3)25-26)13-10-14(24-23-13)19(27)22-20-21-18-15(28-6-2)8-7-9-16(18)29-20/h7-9,13-14,23-24H,5-6,10H2,1-4H3,(H,21,22,27). The normalized spacial score (nSPS) is 19.0. The Morgan fingerprint density at radius 2 is 2.17 bits per heavy atom. The molecule has 2 atom stereocenters. The number of rotatable bonds is 6. The molecule has 8 nitrogen and oxygen atoms in total. The van der Waals surface area contributed by atoms with Crippen molar-refractivity contribution in [2.45, 2.75) is 52.7 Å². The molecule has 2 unspecified atom stereocenters. The highest BCUT2D eigenvalue weighted by Crippen LogP contribution is 2.33. The topological polar surface area (TPSA) is 93.1 Å². The predicted molar refractivity (Wildman–Crippen MR) is 114 cm³/mol. The van der Waals surface area contributed by atoms with Crippen LogP contribution in [-0.2, 0) is 11.3 Å². The summed E-state index contributed by atoms with van der Waals surface area (Å²) in [6.07, 6.45) is 0.651. The highest BCUT2D eigenvalue weighted by atomic mass is 32.1. The molecule has 9 heteroatoms. The lowest BCUT2D eigenvalue weighted by Crippen LogP contribution is -2.39. The zero-order chi connectivity index (χ0) is 20.5. The molecular weight excluding hydrogens is 388 g/mol. The number of hydrazine groups is 1. The summed E-state index contributed by atoms with van der Waals surface area (Å²) in [5.41, 5.74) is 10.5. The molecule has 0 spiro atoms. The lowest BCUT2D eigenvalue weighted by Gasteiger charge is -2.10. The number of anilines is 1. The summed E-state index contributed by atoms with van der Waals surface area (Å²) in [6, 6.07) is 5.51. The van der Waals surface area contributed by atoms with Gasteiger partial charge in [0.15, 0.2) is 5.13 Å². The first kappa shape index (κ1) is 19.8. The van der Waals surface area contributed by atoms with Gasteiger partial charge in [0.05, 0.1) is 23.0 Å². The van der Waals surface area contributed by atoms with Gasteiger partial charge in [0.2, 0.25) is 5.91 Å². The lowest BCUT2D eigenvalue weighted by molar-refractivity contribution is -0.117. The molecule has 29 heavy (non-hydrogen) atoms. The van der Waals surface area contributed by atoms with Gasteiger partial charge in [-0.15, -0.1) is 0 Å². The van der Waals surface area contributed by atoms with E-state index in [1.54, 1.807) is 0 Å². The number of nitrogens with zero attached hydrogens (tertiary/aromatic N) is 3. The Kier molecular flexibility index (Phi) is 5.53. The summed E-state index contributed by atoms with van der Waals surface area (Å²) in [7, 11) is 0. The summed E-state index contributed by atoms with van der Waals surface area (Å²) in [4.78, 5) is 17.4. The van der Waals surface area contributed by atoms with Crippen LogP contribution < -0.4 is 20.9 Å². The van der Waals surface area contributed by atoms with Gasteiger partial charge in [0.1, 0.15) is 17.3 Å². The molecule has 1 aliphatic heterocycles. The fraction of sp³-hybridized carbons (Fsp3) is 0.450. The van der Waals surface area contributed by atoms with E-state index in [1.165, 1.54) is 11.3 Å². The SMILES string of the molecule is CCOc1cccc2sc(NC(=O)C3CC(c4c(C)nn(CC)c4C)NN3)nc12. The zero-order valence-corrected chi connectivity index (χ0v) is 17.9. The maximum absolute atomic E-state index is 12.8. The molecule has 1 aliphatic rings. The minimum Gasteiger partial charge on any atom is -0.492 e. The Morgan fingerprint density at radius 3 is 2.90 bits per heavy atom. The van der Waals surface area contributed by atoms with Gasteiger partial charge in [-0.05, 0) is 46.2 Å². The van der Waals surface area contributed by atoms with E-state index in [2.05, 4.69) is 40.1 Å². The van der Waals surface area contributed by atoms with E-state index >= 15 is 0 Å². The van der Waals surface area contributed by atoms with Crippen LogP contribution in [-0.4, -0.2) is 33.3 Å². The zero-order valence-electron chi connectivity index (χ0n) is 17.1. The second-order valence-corrected chi connectivity index (χ2v) is 8.10. The van der Waals surface area contributed by atoms with Crippen LogP contribution in [0.3, 0.4) is 0 Å². The van der Waals surface area contributed by atoms with Crippen LogP contribution in [0.4, 0.5) is 5.13 Å². The summed E-state index contributed by atoms with van der Waals surface area (Å²) >= 11 is 1.45. The third-order valence-electron chi connectivity index (χ3n) is 5.22. The monoisotopic (exact) mass is 414 g/mol. The molecule has 1 aromatic carbocycles. The van der Waals surface area contributed by atoms with Crippen LogP contribution in [0.15, 0.2) is 18.2 Å². The number of para-hydroxylation sites is 1. The molecule has 1 amide bonds. The quantitative estimate of drug-likeness (QED) is 0.574. The number of ether oxygens (including phenoxy) is 1. The molecule has 2 aromatic heterocycles. The van der Waals surface area contributed by atoms with Crippen LogP contribution in [0.5, 0.6) is 5.75 Å². The van der Waals surface area contributed by atoms with Gasteiger partial charge in [-0.2, -0.15) is 5.10 Å². The summed E-state index contributed by atoms with van der Waals surface area (Å²) < 4.78 is 8.62. The minimum atomic E-state index is -0.345. The van der Waals surface area contributed by atoms with Crippen molar-refractivity contribution in [1.29, 1.82) is 0 Å². The van der Waals surface area contributed by atoms with Crippen molar-refractivity contribution >= 4 is 32.6 Å². The smallest absolute Gasteiger partial charge is 0.244 e. The van der Waals surface area contributed by atoms with Crippen LogP contribution in [0.2, 0.25) is 0 Å². The van der Waals surface area contributed by atoms with Crippen molar-refractivity contribution in [3.63, 3.8) is 0 Å². The number of fused-ring (bicyclic) bond motifs is 1. The van der Waals surface area contributed by atoms with Crippen molar-refractivity contribution in [3.8, 4) is 5.75 Å². The van der Waals surface area contributed by atoms with E-state index in [9.17, 15) is 4.79 Å². The summed E-state index contributed by atoms with van der Waals surface area (Å²) in [5.74, 6) is 0.636. The molecule has 154 valence electrons. The summed E-state index contributed by atoms with van der Waals surface area (Å²) in [6.45, 7) is 9.51. The van der Waals surface area contributed by atoms with E-state index in [4.69, 9.17) is 4.74 Å². The summed E-state index contributed by atoms with van der Waals surface area (Å²) in [5, 5.41) is 8.11. The van der Waals surface area contributed by atoms with Gasteiger partial charge >= 0.3 is 0 Å². The Balaban J connectivity index is 1.47. The number of thiazole rings is 1. The number of aryl methyl sites for hydroxylation is 2. The Hall–Kier alpha value is -2.49. The van der Waals surface area contributed by atoms with Gasteiger partial charge in [-0.1, -0.05) is 17.4 Å². The second kappa shape index (κ2) is 8.10. The van der Waals surface area contributed by atoms with Crippen molar-refractivity contribution < 1.29 is 9.53 Å². The Bertz CT molecular complexity index is 1040. The van der Waals surface area contributed by atoms with Crippen molar-refractivity contribution in [2.24, 2.45) is 0 Å². The molecule has 0 bridgehead atoms. The van der Waals surface area contributed by atoms with Crippen molar-refractivity contribution in [2.75, 3.05) is 11.9 Å². The van der Waals surface area contributed by atoms with Gasteiger partial charge < -0.3 is 10.1 Å². The number of carbonyl (C=O) groups excluding carboxylic acids is 1. The number of carbonyl (C=O) groups is 1. The third-order valence-corrected chi connectivity index (χ3v) is 6.15. The number of hydrogen-bond acceptors (Lipinski definition) is 7. The maximum Gasteiger partial charge on any atom is 0.244 e. The molecule has 0 aliphatic carbocycles. The van der Waals surface area contributed by atoms with Gasteiger partial charge in [-0.25, -0.2) is 15.8 Å². The van der Waals surface area contributed by atoms with Crippen LogP contribution in [0.1, 0.15) is 43.3 Å². The first-order valence-electron chi connectivity index (χ1n) is 9.90. The number of benzene rings is 1. The van der Waals surface area contributed by atoms with E-state index in [1.807, 2.05) is 36.7 Å². The number of amides is 1. The van der Waals surface area contributed by atoms with E-state index in [0.29, 0.717) is 18.2 Å².